The monoisotopic (exact) mass is 247 g/mol. The number of hydrogen-bond acceptors (Lipinski definition) is 2. The number of hydrogen-bond donors (Lipinski definition) is 2. The van der Waals surface area contributed by atoms with Crippen LogP contribution in [-0.4, -0.2) is 18.9 Å². The molecule has 18 heavy (non-hydrogen) atoms. The van der Waals surface area contributed by atoms with Crippen LogP contribution in [0.3, 0.4) is 0 Å². The zero-order chi connectivity index (χ0) is 13.6. The number of amidine groups is 1. The maximum absolute atomic E-state index is 7.36. The van der Waals surface area contributed by atoms with E-state index in [0.29, 0.717) is 11.8 Å². The van der Waals surface area contributed by atoms with Crippen LogP contribution >= 0.6 is 0 Å². The lowest BCUT2D eigenvalue weighted by atomic mass is 9.92. The number of anilines is 1. The summed E-state index contributed by atoms with van der Waals surface area (Å²) in [5, 5.41) is 7.36. The molecule has 0 fully saturated rings. The number of nitrogens with one attached hydrogen (secondary N) is 1. The van der Waals surface area contributed by atoms with Crippen LogP contribution < -0.4 is 10.6 Å². The molecular weight excluding hydrogens is 222 g/mol. The molecule has 0 radical (unpaired) electrons. The summed E-state index contributed by atoms with van der Waals surface area (Å²) in [5.41, 5.74) is 6.99. The first-order chi connectivity index (χ1) is 8.38. The van der Waals surface area contributed by atoms with Gasteiger partial charge in [0.1, 0.15) is 0 Å². The number of nitrogens with zero attached hydrogens (tertiary/aromatic N) is 1. The Bertz CT molecular complexity index is 365. The van der Waals surface area contributed by atoms with Crippen molar-refractivity contribution in [3.05, 3.63) is 30.3 Å². The lowest BCUT2D eigenvalue weighted by Crippen LogP contribution is -2.30. The standard InChI is InChI=1S/C15H25N3/c1-15(2,3)10-12-18(11-9-14(16)17)13-7-5-4-6-8-13/h4-8H,9-12H2,1-3H3,(H3,16,17). The van der Waals surface area contributed by atoms with Gasteiger partial charge in [0, 0.05) is 25.2 Å². The number of nitrogens with two attached hydrogens (primary N) is 1. The second kappa shape index (κ2) is 6.43. The Morgan fingerprint density at radius 1 is 1.17 bits per heavy atom. The van der Waals surface area contributed by atoms with E-state index in [1.54, 1.807) is 0 Å². The van der Waals surface area contributed by atoms with Crippen LogP contribution in [0.2, 0.25) is 0 Å². The smallest absolute Gasteiger partial charge is 0.0923 e. The molecule has 0 amide bonds. The molecule has 100 valence electrons. The Balaban J connectivity index is 2.66. The fourth-order valence-corrected chi connectivity index (χ4v) is 1.73. The maximum atomic E-state index is 7.36. The molecule has 0 saturated carbocycles. The summed E-state index contributed by atoms with van der Waals surface area (Å²) >= 11 is 0. The SMILES string of the molecule is CC(C)(C)CCN(CCC(=N)N)c1ccccc1. The Morgan fingerprint density at radius 3 is 2.28 bits per heavy atom. The molecular formula is C15H25N3. The van der Waals surface area contributed by atoms with Crippen LogP contribution in [-0.2, 0) is 0 Å². The van der Waals surface area contributed by atoms with Gasteiger partial charge in [-0.3, -0.25) is 5.41 Å². The van der Waals surface area contributed by atoms with Gasteiger partial charge in [0.2, 0.25) is 0 Å². The third-order valence-corrected chi connectivity index (χ3v) is 2.90. The van der Waals surface area contributed by atoms with Gasteiger partial charge in [0.05, 0.1) is 5.84 Å². The van der Waals surface area contributed by atoms with Crippen molar-refractivity contribution in [2.45, 2.75) is 33.6 Å². The Kier molecular flexibility index (Phi) is 5.20. The van der Waals surface area contributed by atoms with E-state index >= 15 is 0 Å². The van der Waals surface area contributed by atoms with Crippen LogP contribution in [0, 0.1) is 10.8 Å². The molecule has 1 rings (SSSR count). The molecule has 0 heterocycles. The fourth-order valence-electron chi connectivity index (χ4n) is 1.73. The second-order valence-corrected chi connectivity index (χ2v) is 5.91. The Morgan fingerprint density at radius 2 is 1.78 bits per heavy atom. The van der Waals surface area contributed by atoms with Gasteiger partial charge >= 0.3 is 0 Å². The molecule has 0 unspecified atom stereocenters. The van der Waals surface area contributed by atoms with Crippen molar-refractivity contribution in [2.75, 3.05) is 18.0 Å². The van der Waals surface area contributed by atoms with Crippen molar-refractivity contribution in [2.24, 2.45) is 11.1 Å². The summed E-state index contributed by atoms with van der Waals surface area (Å²) in [6.07, 6.45) is 1.75. The molecule has 0 aliphatic carbocycles. The van der Waals surface area contributed by atoms with Crippen LogP contribution in [0.4, 0.5) is 5.69 Å². The molecule has 0 aliphatic rings. The Hall–Kier alpha value is -1.51. The average molecular weight is 247 g/mol. The topological polar surface area (TPSA) is 53.1 Å². The highest BCUT2D eigenvalue weighted by Gasteiger charge is 2.13. The highest BCUT2D eigenvalue weighted by atomic mass is 15.1. The highest BCUT2D eigenvalue weighted by Crippen LogP contribution is 2.21. The number of benzene rings is 1. The van der Waals surface area contributed by atoms with Crippen molar-refractivity contribution in [3.63, 3.8) is 0 Å². The van der Waals surface area contributed by atoms with E-state index in [1.165, 1.54) is 5.69 Å². The molecule has 3 nitrogen and oxygen atoms in total. The van der Waals surface area contributed by atoms with E-state index in [0.717, 1.165) is 19.5 Å². The van der Waals surface area contributed by atoms with E-state index in [4.69, 9.17) is 11.1 Å². The van der Waals surface area contributed by atoms with Gasteiger partial charge < -0.3 is 10.6 Å². The van der Waals surface area contributed by atoms with Gasteiger partial charge in [-0.25, -0.2) is 0 Å². The molecule has 0 atom stereocenters. The average Bonchev–Trinajstić information content (AvgIpc) is 2.28. The van der Waals surface area contributed by atoms with E-state index < -0.39 is 0 Å². The lowest BCUT2D eigenvalue weighted by molar-refractivity contribution is 0.379. The van der Waals surface area contributed by atoms with E-state index in [9.17, 15) is 0 Å². The van der Waals surface area contributed by atoms with Crippen LogP contribution in [0.1, 0.15) is 33.6 Å². The maximum Gasteiger partial charge on any atom is 0.0923 e. The predicted molar refractivity (Wildman–Crippen MR) is 79.3 cm³/mol. The van der Waals surface area contributed by atoms with Gasteiger partial charge in [0.25, 0.3) is 0 Å². The third kappa shape index (κ3) is 5.71. The molecule has 0 aromatic heterocycles. The molecule has 1 aromatic rings. The van der Waals surface area contributed by atoms with E-state index in [2.05, 4.69) is 37.8 Å². The number of rotatable bonds is 6. The van der Waals surface area contributed by atoms with Gasteiger partial charge in [0.15, 0.2) is 0 Å². The minimum absolute atomic E-state index is 0.256. The van der Waals surface area contributed by atoms with Gasteiger partial charge in [-0.05, 0) is 24.0 Å². The molecule has 0 spiro atoms. The fraction of sp³-hybridized carbons (Fsp3) is 0.533. The molecule has 3 heteroatoms. The summed E-state index contributed by atoms with van der Waals surface area (Å²) in [6, 6.07) is 10.3. The summed E-state index contributed by atoms with van der Waals surface area (Å²) in [4.78, 5) is 2.31. The second-order valence-electron chi connectivity index (χ2n) is 5.91. The molecule has 0 aliphatic heterocycles. The van der Waals surface area contributed by atoms with Gasteiger partial charge in [-0.1, -0.05) is 39.0 Å². The minimum Gasteiger partial charge on any atom is -0.388 e. The van der Waals surface area contributed by atoms with Crippen molar-refractivity contribution in [3.8, 4) is 0 Å². The predicted octanol–water partition coefficient (Wildman–Crippen LogP) is 3.26. The zero-order valence-electron chi connectivity index (χ0n) is 11.7. The third-order valence-electron chi connectivity index (χ3n) is 2.90. The van der Waals surface area contributed by atoms with Gasteiger partial charge in [-0.2, -0.15) is 0 Å². The minimum atomic E-state index is 0.256. The highest BCUT2D eigenvalue weighted by molar-refractivity contribution is 5.77. The molecule has 0 bridgehead atoms. The summed E-state index contributed by atoms with van der Waals surface area (Å²) in [7, 11) is 0. The quantitative estimate of drug-likeness (QED) is 0.599. The largest absolute Gasteiger partial charge is 0.388 e. The Labute approximate surface area is 111 Å². The zero-order valence-corrected chi connectivity index (χ0v) is 11.7. The van der Waals surface area contributed by atoms with Crippen LogP contribution in [0.15, 0.2) is 30.3 Å². The van der Waals surface area contributed by atoms with E-state index in [-0.39, 0.29) is 5.84 Å². The normalized spacial score (nSPS) is 11.3. The summed E-state index contributed by atoms with van der Waals surface area (Å²) < 4.78 is 0. The van der Waals surface area contributed by atoms with Gasteiger partial charge in [-0.15, -0.1) is 0 Å². The van der Waals surface area contributed by atoms with Crippen LogP contribution in [0.25, 0.3) is 0 Å². The lowest BCUT2D eigenvalue weighted by Gasteiger charge is -2.28. The number of para-hydroxylation sites is 1. The van der Waals surface area contributed by atoms with Crippen LogP contribution in [0.5, 0.6) is 0 Å². The summed E-state index contributed by atoms with van der Waals surface area (Å²) in [6.45, 7) is 8.57. The van der Waals surface area contributed by atoms with E-state index in [1.807, 2.05) is 18.2 Å². The molecule has 0 saturated heterocycles. The van der Waals surface area contributed by atoms with Crippen molar-refractivity contribution >= 4 is 11.5 Å². The van der Waals surface area contributed by atoms with Crippen molar-refractivity contribution in [1.29, 1.82) is 5.41 Å². The van der Waals surface area contributed by atoms with Crippen molar-refractivity contribution in [1.82, 2.24) is 0 Å². The van der Waals surface area contributed by atoms with Crippen molar-refractivity contribution < 1.29 is 0 Å². The first kappa shape index (κ1) is 14.6. The first-order valence-electron chi connectivity index (χ1n) is 6.51. The summed E-state index contributed by atoms with van der Waals surface area (Å²) in [5.74, 6) is 0.256. The first-order valence-corrected chi connectivity index (χ1v) is 6.51. The molecule has 1 aromatic carbocycles. The molecule has 3 N–H and O–H groups in total.